The molecule has 31 heavy (non-hydrogen) atoms. The summed E-state index contributed by atoms with van der Waals surface area (Å²) in [6, 6.07) is 14.9. The van der Waals surface area contributed by atoms with Crippen LogP contribution in [0.4, 0.5) is 16.2 Å². The number of nitrogens with two attached hydrogens (primary N) is 2. The number of hydrogen-bond donors (Lipinski definition) is 3. The molecular weight excluding hydrogens is 393 g/mol. The molecule has 1 heterocycles. The molecule has 0 aromatic heterocycles. The topological polar surface area (TPSA) is 109 Å². The number of rotatable bonds is 6. The van der Waals surface area contributed by atoms with Crippen molar-refractivity contribution in [2.24, 2.45) is 0 Å². The van der Waals surface area contributed by atoms with Gasteiger partial charge in [0.05, 0.1) is 22.6 Å². The zero-order chi connectivity index (χ0) is 22.6. The first kappa shape index (κ1) is 22.7. The predicted molar refractivity (Wildman–Crippen MR) is 124 cm³/mol. The number of nitrogen functional groups attached to an aromatic ring is 2. The zero-order valence-electron chi connectivity index (χ0n) is 18.5. The van der Waals surface area contributed by atoms with E-state index in [2.05, 4.69) is 5.32 Å². The SMILES string of the molecule is CC1(C)OB(C(=Cc2ccc(N)c(N)c2)CNC(=O)OCc2ccccc2)OC1(C)C. The van der Waals surface area contributed by atoms with E-state index in [0.29, 0.717) is 11.4 Å². The van der Waals surface area contributed by atoms with E-state index in [9.17, 15) is 4.79 Å². The fraction of sp³-hybridized carbons (Fsp3) is 0.348. The van der Waals surface area contributed by atoms with Gasteiger partial charge in [-0.2, -0.15) is 0 Å². The van der Waals surface area contributed by atoms with Crippen molar-refractivity contribution in [2.45, 2.75) is 45.5 Å². The molecule has 1 saturated heterocycles. The van der Waals surface area contributed by atoms with Crippen LogP contribution in [0.3, 0.4) is 0 Å². The molecule has 1 amide bonds. The van der Waals surface area contributed by atoms with Gasteiger partial charge in [0.15, 0.2) is 0 Å². The fourth-order valence-corrected chi connectivity index (χ4v) is 3.04. The lowest BCUT2D eigenvalue weighted by molar-refractivity contribution is 0.00578. The Morgan fingerprint density at radius 1 is 1.03 bits per heavy atom. The van der Waals surface area contributed by atoms with Crippen LogP contribution >= 0.6 is 0 Å². The molecule has 0 radical (unpaired) electrons. The van der Waals surface area contributed by atoms with Crippen molar-refractivity contribution in [3.05, 3.63) is 65.1 Å². The summed E-state index contributed by atoms with van der Waals surface area (Å²) in [4.78, 5) is 12.3. The summed E-state index contributed by atoms with van der Waals surface area (Å²) >= 11 is 0. The van der Waals surface area contributed by atoms with Crippen LogP contribution in [0.25, 0.3) is 6.08 Å². The molecule has 1 aliphatic rings. The maximum atomic E-state index is 12.3. The Balaban J connectivity index is 1.73. The average molecular weight is 423 g/mol. The van der Waals surface area contributed by atoms with Crippen LogP contribution in [0.15, 0.2) is 54.0 Å². The van der Waals surface area contributed by atoms with Crippen molar-refractivity contribution in [2.75, 3.05) is 18.0 Å². The summed E-state index contributed by atoms with van der Waals surface area (Å²) in [5.41, 5.74) is 14.2. The first-order valence-electron chi connectivity index (χ1n) is 10.2. The maximum absolute atomic E-state index is 12.3. The normalized spacial score (nSPS) is 17.4. The van der Waals surface area contributed by atoms with Gasteiger partial charge in [0.1, 0.15) is 6.61 Å². The Bertz CT molecular complexity index is 945. The van der Waals surface area contributed by atoms with Crippen LogP contribution in [0.5, 0.6) is 0 Å². The molecule has 8 heteroatoms. The molecular formula is C23H30BN3O4. The summed E-state index contributed by atoms with van der Waals surface area (Å²) in [7, 11) is -0.627. The van der Waals surface area contributed by atoms with Crippen molar-refractivity contribution in [3.63, 3.8) is 0 Å². The van der Waals surface area contributed by atoms with Gasteiger partial charge in [-0.3, -0.25) is 0 Å². The first-order valence-corrected chi connectivity index (χ1v) is 10.2. The van der Waals surface area contributed by atoms with Gasteiger partial charge < -0.3 is 30.8 Å². The molecule has 2 aromatic carbocycles. The van der Waals surface area contributed by atoms with Crippen molar-refractivity contribution in [1.29, 1.82) is 0 Å². The predicted octanol–water partition coefficient (Wildman–Crippen LogP) is 3.79. The van der Waals surface area contributed by atoms with Crippen LogP contribution in [-0.2, 0) is 20.7 Å². The highest BCUT2D eigenvalue weighted by molar-refractivity contribution is 6.56. The van der Waals surface area contributed by atoms with Crippen LogP contribution in [0.2, 0.25) is 0 Å². The summed E-state index contributed by atoms with van der Waals surface area (Å²) in [5.74, 6) is 0. The minimum absolute atomic E-state index is 0.189. The highest BCUT2D eigenvalue weighted by Gasteiger charge is 2.52. The number of amides is 1. The zero-order valence-corrected chi connectivity index (χ0v) is 18.5. The number of anilines is 2. The Kier molecular flexibility index (Phi) is 6.62. The molecule has 0 aliphatic carbocycles. The molecule has 0 spiro atoms. The van der Waals surface area contributed by atoms with Crippen molar-refractivity contribution in [1.82, 2.24) is 5.32 Å². The van der Waals surface area contributed by atoms with E-state index >= 15 is 0 Å². The maximum Gasteiger partial charge on any atom is 0.492 e. The molecule has 0 saturated carbocycles. The fourth-order valence-electron chi connectivity index (χ4n) is 3.04. The van der Waals surface area contributed by atoms with E-state index in [1.165, 1.54) is 0 Å². The van der Waals surface area contributed by atoms with Gasteiger partial charge in [-0.05, 0) is 56.4 Å². The second kappa shape index (κ2) is 9.04. The van der Waals surface area contributed by atoms with Gasteiger partial charge in [0, 0.05) is 6.54 Å². The summed E-state index contributed by atoms with van der Waals surface area (Å²) in [6.45, 7) is 8.30. The summed E-state index contributed by atoms with van der Waals surface area (Å²) in [6.07, 6.45) is 1.36. The second-order valence-electron chi connectivity index (χ2n) is 8.61. The minimum atomic E-state index is -0.627. The quantitative estimate of drug-likeness (QED) is 0.482. The van der Waals surface area contributed by atoms with Crippen LogP contribution in [-0.4, -0.2) is 31.0 Å². The molecule has 1 fully saturated rings. The summed E-state index contributed by atoms with van der Waals surface area (Å²) < 4.78 is 17.7. The summed E-state index contributed by atoms with van der Waals surface area (Å²) in [5, 5.41) is 2.79. The molecule has 164 valence electrons. The standard InChI is InChI=1S/C23H30BN3O4/c1-22(2)23(3,4)31-24(30-22)18(12-17-10-11-19(25)20(26)13-17)14-27-21(28)29-15-16-8-6-5-7-9-16/h5-13H,14-15,25-26H2,1-4H3,(H,27,28). The van der Waals surface area contributed by atoms with Gasteiger partial charge in [-0.1, -0.05) is 42.5 Å². The van der Waals surface area contributed by atoms with E-state index < -0.39 is 24.4 Å². The average Bonchev–Trinajstić information content (AvgIpc) is 2.94. The Labute approximate surface area is 183 Å². The molecule has 0 bridgehead atoms. The highest BCUT2D eigenvalue weighted by atomic mass is 16.7. The number of ether oxygens (including phenoxy) is 1. The third kappa shape index (κ3) is 5.59. The lowest BCUT2D eigenvalue weighted by Gasteiger charge is -2.32. The smallest absolute Gasteiger partial charge is 0.445 e. The van der Waals surface area contributed by atoms with Crippen molar-refractivity contribution in [3.8, 4) is 0 Å². The Morgan fingerprint density at radius 3 is 2.29 bits per heavy atom. The number of hydrogen-bond acceptors (Lipinski definition) is 6. The molecule has 0 unspecified atom stereocenters. The molecule has 2 aromatic rings. The van der Waals surface area contributed by atoms with E-state index in [1.807, 2.05) is 70.2 Å². The van der Waals surface area contributed by atoms with Gasteiger partial charge in [0.2, 0.25) is 0 Å². The van der Waals surface area contributed by atoms with Gasteiger partial charge >= 0.3 is 13.2 Å². The number of alkyl carbamates (subject to hydrolysis) is 1. The van der Waals surface area contributed by atoms with E-state index in [0.717, 1.165) is 16.6 Å². The number of carbonyl (C=O) groups is 1. The van der Waals surface area contributed by atoms with Crippen molar-refractivity contribution >= 4 is 30.7 Å². The molecule has 5 N–H and O–H groups in total. The number of benzene rings is 2. The van der Waals surface area contributed by atoms with Crippen molar-refractivity contribution < 1.29 is 18.8 Å². The molecule has 0 atom stereocenters. The van der Waals surface area contributed by atoms with Gasteiger partial charge in [0.25, 0.3) is 0 Å². The number of nitrogens with one attached hydrogen (secondary N) is 1. The Morgan fingerprint density at radius 2 is 1.68 bits per heavy atom. The Hall–Kier alpha value is -2.97. The number of carbonyl (C=O) groups excluding carboxylic acids is 1. The van der Waals surface area contributed by atoms with Gasteiger partial charge in [-0.25, -0.2) is 4.79 Å². The lowest BCUT2D eigenvalue weighted by atomic mass is 9.77. The monoisotopic (exact) mass is 423 g/mol. The van der Waals surface area contributed by atoms with Crippen LogP contribution in [0.1, 0.15) is 38.8 Å². The molecule has 1 aliphatic heterocycles. The van der Waals surface area contributed by atoms with Crippen LogP contribution < -0.4 is 16.8 Å². The van der Waals surface area contributed by atoms with Gasteiger partial charge in [-0.15, -0.1) is 0 Å². The lowest BCUT2D eigenvalue weighted by Crippen LogP contribution is -2.41. The molecule has 7 nitrogen and oxygen atoms in total. The largest absolute Gasteiger partial charge is 0.492 e. The second-order valence-corrected chi connectivity index (χ2v) is 8.61. The molecule has 3 rings (SSSR count). The highest BCUT2D eigenvalue weighted by Crippen LogP contribution is 2.38. The van der Waals surface area contributed by atoms with E-state index in [-0.39, 0.29) is 13.2 Å². The first-order chi connectivity index (χ1) is 14.6. The van der Waals surface area contributed by atoms with E-state index in [4.69, 9.17) is 25.5 Å². The minimum Gasteiger partial charge on any atom is -0.445 e. The third-order valence-corrected chi connectivity index (χ3v) is 5.67. The third-order valence-electron chi connectivity index (χ3n) is 5.67. The van der Waals surface area contributed by atoms with Crippen LogP contribution in [0, 0.1) is 0 Å². The van der Waals surface area contributed by atoms with E-state index in [1.54, 1.807) is 12.1 Å².